The van der Waals surface area contributed by atoms with Crippen LogP contribution in [0.1, 0.15) is 11.5 Å². The maximum atomic E-state index is 12.5. The van der Waals surface area contributed by atoms with Crippen molar-refractivity contribution in [3.05, 3.63) is 41.8 Å². The van der Waals surface area contributed by atoms with Crippen LogP contribution >= 0.6 is 0 Å². The molecular weight excluding hydrogens is 334 g/mol. The van der Waals surface area contributed by atoms with Crippen molar-refractivity contribution in [1.82, 2.24) is 14.8 Å². The summed E-state index contributed by atoms with van der Waals surface area (Å²) in [5, 5.41) is 6.15. The van der Waals surface area contributed by atoms with E-state index in [4.69, 9.17) is 9.26 Å². The van der Waals surface area contributed by atoms with Crippen LogP contribution in [0.4, 0.5) is 4.79 Å². The van der Waals surface area contributed by atoms with Crippen molar-refractivity contribution < 1.29 is 22.5 Å². The molecule has 1 amide bonds. The highest BCUT2D eigenvalue weighted by Crippen LogP contribution is 2.21. The van der Waals surface area contributed by atoms with E-state index < -0.39 is 16.1 Å². The maximum absolute atomic E-state index is 12.5. The molecular formula is C15H19N3O5S. The molecule has 1 aromatic heterocycles. The minimum absolute atomic E-state index is 0.0527. The van der Waals surface area contributed by atoms with Crippen molar-refractivity contribution in [3.63, 3.8) is 0 Å². The van der Waals surface area contributed by atoms with E-state index in [1.165, 1.54) is 14.0 Å². The quantitative estimate of drug-likeness (QED) is 0.848. The van der Waals surface area contributed by atoms with Crippen molar-refractivity contribution >= 4 is 16.1 Å². The number of rotatable bonds is 6. The van der Waals surface area contributed by atoms with Crippen LogP contribution in [0.25, 0.3) is 0 Å². The zero-order valence-corrected chi connectivity index (χ0v) is 14.5. The predicted molar refractivity (Wildman–Crippen MR) is 86.3 cm³/mol. The van der Waals surface area contributed by atoms with E-state index in [0.717, 1.165) is 4.31 Å². The molecule has 0 aliphatic rings. The lowest BCUT2D eigenvalue weighted by Gasteiger charge is -2.17. The summed E-state index contributed by atoms with van der Waals surface area (Å²) in [5.74, 6) is 0.641. The molecule has 1 heterocycles. The molecule has 0 saturated carbocycles. The molecule has 24 heavy (non-hydrogen) atoms. The summed E-state index contributed by atoms with van der Waals surface area (Å²) < 4.78 is 36.0. The molecule has 0 atom stereocenters. The van der Waals surface area contributed by atoms with Gasteiger partial charge in [-0.2, -0.15) is 4.31 Å². The topological polar surface area (TPSA) is 102 Å². The number of hydrogen-bond acceptors (Lipinski definition) is 6. The van der Waals surface area contributed by atoms with E-state index in [-0.39, 0.29) is 23.7 Å². The van der Waals surface area contributed by atoms with Gasteiger partial charge >= 0.3 is 6.09 Å². The Kier molecular flexibility index (Phi) is 5.58. The molecule has 0 radical (unpaired) electrons. The number of aryl methyl sites for hydroxylation is 2. The highest BCUT2D eigenvalue weighted by atomic mass is 32.2. The highest BCUT2D eigenvalue weighted by Gasteiger charge is 2.28. The molecule has 0 aliphatic carbocycles. The van der Waals surface area contributed by atoms with Gasteiger partial charge in [0.1, 0.15) is 16.3 Å². The molecule has 130 valence electrons. The van der Waals surface area contributed by atoms with Crippen LogP contribution in [-0.2, 0) is 10.0 Å². The molecule has 8 nitrogen and oxygen atoms in total. The van der Waals surface area contributed by atoms with E-state index in [0.29, 0.717) is 11.4 Å². The highest BCUT2D eigenvalue weighted by molar-refractivity contribution is 7.89. The lowest BCUT2D eigenvalue weighted by atomic mass is 10.3. The van der Waals surface area contributed by atoms with Gasteiger partial charge in [0.05, 0.1) is 0 Å². The first-order chi connectivity index (χ1) is 11.3. The lowest BCUT2D eigenvalue weighted by molar-refractivity contribution is 0.200. The second kappa shape index (κ2) is 7.45. The van der Waals surface area contributed by atoms with Crippen LogP contribution in [0.2, 0.25) is 0 Å². The first-order valence-corrected chi connectivity index (χ1v) is 8.66. The summed E-state index contributed by atoms with van der Waals surface area (Å²) in [4.78, 5) is 11.7. The number of para-hydroxylation sites is 1. The summed E-state index contributed by atoms with van der Waals surface area (Å²) >= 11 is 0. The van der Waals surface area contributed by atoms with Gasteiger partial charge in [-0.25, -0.2) is 13.2 Å². The molecule has 0 unspecified atom stereocenters. The largest absolute Gasteiger partial charge is 0.412 e. The number of carbonyl (C=O) groups is 1. The molecule has 1 aromatic carbocycles. The molecule has 0 bridgehead atoms. The molecule has 2 rings (SSSR count). The van der Waals surface area contributed by atoms with Crippen molar-refractivity contribution in [1.29, 1.82) is 0 Å². The van der Waals surface area contributed by atoms with E-state index in [2.05, 4.69) is 10.5 Å². The van der Waals surface area contributed by atoms with Gasteiger partial charge in [-0.3, -0.25) is 0 Å². The van der Waals surface area contributed by atoms with Crippen molar-refractivity contribution in [2.24, 2.45) is 0 Å². The Morgan fingerprint density at radius 2 is 1.96 bits per heavy atom. The maximum Gasteiger partial charge on any atom is 0.412 e. The minimum atomic E-state index is -3.73. The molecule has 0 spiro atoms. The first kappa shape index (κ1) is 18.0. The number of nitrogens with zero attached hydrogens (tertiary/aromatic N) is 2. The van der Waals surface area contributed by atoms with E-state index in [1.54, 1.807) is 37.3 Å². The molecule has 9 heteroatoms. The number of nitrogens with one attached hydrogen (secondary N) is 1. The van der Waals surface area contributed by atoms with Crippen LogP contribution in [0.3, 0.4) is 0 Å². The standard InChI is InChI=1S/C15H19N3O5S/c1-11-14(12(2)23-17-11)24(20,21)18(3)10-9-16-15(19)22-13-7-5-4-6-8-13/h4-8H,9-10H2,1-3H3,(H,16,19). The number of amides is 1. The van der Waals surface area contributed by atoms with E-state index in [1.807, 2.05) is 0 Å². The Balaban J connectivity index is 1.89. The number of hydrogen-bond donors (Lipinski definition) is 1. The Morgan fingerprint density at radius 1 is 1.29 bits per heavy atom. The zero-order chi connectivity index (χ0) is 17.7. The molecule has 2 aromatic rings. The minimum Gasteiger partial charge on any atom is -0.410 e. The predicted octanol–water partition coefficient (Wildman–Crippen LogP) is 1.70. The van der Waals surface area contributed by atoms with Gasteiger partial charge in [0.15, 0.2) is 5.76 Å². The van der Waals surface area contributed by atoms with Crippen molar-refractivity contribution in [2.45, 2.75) is 18.7 Å². The van der Waals surface area contributed by atoms with Gasteiger partial charge in [0.25, 0.3) is 0 Å². The second-order valence-corrected chi connectivity index (χ2v) is 7.09. The number of likely N-dealkylation sites (N-methyl/N-ethyl adjacent to an activating group) is 1. The van der Waals surface area contributed by atoms with E-state index in [9.17, 15) is 13.2 Å². The zero-order valence-electron chi connectivity index (χ0n) is 13.6. The Morgan fingerprint density at radius 3 is 2.54 bits per heavy atom. The third-order valence-corrected chi connectivity index (χ3v) is 5.39. The fourth-order valence-corrected chi connectivity index (χ4v) is 3.52. The average molecular weight is 353 g/mol. The van der Waals surface area contributed by atoms with Gasteiger partial charge in [-0.1, -0.05) is 23.4 Å². The summed E-state index contributed by atoms with van der Waals surface area (Å²) in [7, 11) is -2.31. The Labute approximate surface area is 140 Å². The molecule has 0 aliphatic heterocycles. The third-order valence-electron chi connectivity index (χ3n) is 3.29. The Bertz CT molecular complexity index is 782. The molecule has 0 fully saturated rings. The van der Waals surface area contributed by atoms with Crippen molar-refractivity contribution in [3.8, 4) is 5.75 Å². The average Bonchev–Trinajstić information content (AvgIpc) is 2.87. The van der Waals surface area contributed by atoms with Crippen LogP contribution in [0.5, 0.6) is 5.75 Å². The number of sulfonamides is 1. The lowest BCUT2D eigenvalue weighted by Crippen LogP contribution is -2.37. The van der Waals surface area contributed by atoms with Crippen LogP contribution in [0, 0.1) is 13.8 Å². The summed E-state index contributed by atoms with van der Waals surface area (Å²) in [6.07, 6.45) is -0.649. The SMILES string of the molecule is Cc1noc(C)c1S(=O)(=O)N(C)CCNC(=O)Oc1ccccc1. The Hall–Kier alpha value is -2.39. The normalized spacial score (nSPS) is 11.5. The van der Waals surface area contributed by atoms with Crippen LogP contribution < -0.4 is 10.1 Å². The van der Waals surface area contributed by atoms with Gasteiger partial charge in [0.2, 0.25) is 10.0 Å². The number of ether oxygens (including phenoxy) is 1. The van der Waals surface area contributed by atoms with Crippen molar-refractivity contribution in [2.75, 3.05) is 20.1 Å². The van der Waals surface area contributed by atoms with Gasteiger partial charge in [0, 0.05) is 20.1 Å². The fourth-order valence-electron chi connectivity index (χ4n) is 2.07. The van der Waals surface area contributed by atoms with Gasteiger partial charge in [-0.15, -0.1) is 0 Å². The molecule has 1 N–H and O–H groups in total. The van der Waals surface area contributed by atoms with Crippen LogP contribution in [-0.4, -0.2) is 44.1 Å². The smallest absolute Gasteiger partial charge is 0.410 e. The monoisotopic (exact) mass is 353 g/mol. The van der Waals surface area contributed by atoms with Gasteiger partial charge in [-0.05, 0) is 26.0 Å². The van der Waals surface area contributed by atoms with Crippen LogP contribution in [0.15, 0.2) is 39.8 Å². The number of benzene rings is 1. The summed E-state index contributed by atoms with van der Waals surface area (Å²) in [5.41, 5.74) is 0.302. The third kappa shape index (κ3) is 4.12. The fraction of sp³-hybridized carbons (Fsp3) is 0.333. The number of carbonyl (C=O) groups excluding carboxylic acids is 1. The summed E-state index contributed by atoms with van der Waals surface area (Å²) in [6, 6.07) is 8.58. The second-order valence-electron chi connectivity index (χ2n) is 5.11. The molecule has 0 saturated heterocycles. The van der Waals surface area contributed by atoms with E-state index >= 15 is 0 Å². The summed E-state index contributed by atoms with van der Waals surface area (Å²) in [6.45, 7) is 3.28. The number of aromatic nitrogens is 1. The van der Waals surface area contributed by atoms with Gasteiger partial charge < -0.3 is 14.6 Å². The first-order valence-electron chi connectivity index (χ1n) is 7.22.